The van der Waals surface area contributed by atoms with Gasteiger partial charge in [0.2, 0.25) is 5.91 Å². The third-order valence-electron chi connectivity index (χ3n) is 5.31. The zero-order valence-corrected chi connectivity index (χ0v) is 15.3. The largest absolute Gasteiger partial charge is 0.483 e. The maximum absolute atomic E-state index is 13.1. The number of nitrogens with zero attached hydrogens (tertiary/aromatic N) is 1. The first-order valence-corrected chi connectivity index (χ1v) is 9.01. The molecule has 0 saturated carbocycles. The number of aliphatic hydroxyl groups is 1. The van der Waals surface area contributed by atoms with Crippen LogP contribution in [0.3, 0.4) is 0 Å². The second-order valence-electron chi connectivity index (χ2n) is 7.07. The summed E-state index contributed by atoms with van der Waals surface area (Å²) in [7, 11) is 0. The Labute approximate surface area is 162 Å². The van der Waals surface area contributed by atoms with E-state index >= 15 is 0 Å². The van der Waals surface area contributed by atoms with Gasteiger partial charge in [-0.05, 0) is 43.4 Å². The second kappa shape index (κ2) is 9.45. The molecule has 1 heterocycles. The Balaban J connectivity index is 0.000000878. The normalized spacial score (nSPS) is 24.4. The maximum Gasteiger partial charge on any atom is 0.314 e. The Morgan fingerprint density at radius 2 is 1.79 bits per heavy atom. The number of carboxylic acids is 1. The van der Waals surface area contributed by atoms with E-state index in [4.69, 9.17) is 9.90 Å². The van der Waals surface area contributed by atoms with Gasteiger partial charge in [-0.25, -0.2) is 4.39 Å². The van der Waals surface area contributed by atoms with Crippen molar-refractivity contribution in [3.63, 3.8) is 0 Å². The molecule has 3 N–H and O–H groups in total. The minimum absolute atomic E-state index is 0.0315. The Hall–Kier alpha value is -2.74. The van der Waals surface area contributed by atoms with Gasteiger partial charge in [0.25, 0.3) is 6.47 Å². The number of carbonyl (C=O) groups excluding carboxylic acids is 1. The number of aliphatic carboxylic acids is 1. The highest BCUT2D eigenvalue weighted by Crippen LogP contribution is 2.36. The van der Waals surface area contributed by atoms with Crippen LogP contribution >= 0.6 is 0 Å². The fraction of sp³-hybridized carbons (Fsp3) is 0.450. The summed E-state index contributed by atoms with van der Waals surface area (Å²) in [5, 5.41) is 27.2. The highest BCUT2D eigenvalue weighted by atomic mass is 19.1. The Morgan fingerprint density at radius 1 is 1.21 bits per heavy atom. The van der Waals surface area contributed by atoms with Crippen LogP contribution in [0, 0.1) is 17.2 Å². The first kappa shape index (κ1) is 21.6. The van der Waals surface area contributed by atoms with Gasteiger partial charge in [-0.1, -0.05) is 24.3 Å². The monoisotopic (exact) mass is 393 g/mol. The molecular weight excluding hydrogens is 369 g/mol. The van der Waals surface area contributed by atoms with Gasteiger partial charge < -0.3 is 20.2 Å². The van der Waals surface area contributed by atoms with Crippen molar-refractivity contribution in [1.82, 2.24) is 4.90 Å². The number of likely N-dealkylation sites (tertiary alicyclic amines) is 1. The first-order valence-electron chi connectivity index (χ1n) is 9.01. The van der Waals surface area contributed by atoms with E-state index in [0.717, 1.165) is 0 Å². The van der Waals surface area contributed by atoms with E-state index in [2.05, 4.69) is 0 Å². The number of halogens is 1. The molecule has 28 heavy (non-hydrogen) atoms. The molecule has 1 aromatic carbocycles. The topological polar surface area (TPSA) is 115 Å². The first-order chi connectivity index (χ1) is 13.3. The Morgan fingerprint density at radius 3 is 2.32 bits per heavy atom. The smallest absolute Gasteiger partial charge is 0.314 e. The van der Waals surface area contributed by atoms with Crippen LogP contribution in [-0.4, -0.2) is 57.8 Å². The molecule has 2 atom stereocenters. The standard InChI is InChI=1S/C19H22FNO4.CH2O2/c20-15-7-5-13(6-8-15)11-19(18(24)25)12-21(10-9-16(19)22)17(23)14-3-1-2-4-14;2-1-3/h1-2,5-8,14,16,22H,3-4,9-12H2,(H,24,25);1H,(H,2,3)/t16-,19+;/m0./s1. The van der Waals surface area contributed by atoms with Crippen LogP contribution in [0.5, 0.6) is 0 Å². The van der Waals surface area contributed by atoms with Crippen LogP contribution in [0.25, 0.3) is 0 Å². The molecule has 1 aromatic rings. The van der Waals surface area contributed by atoms with Gasteiger partial charge in [-0.15, -0.1) is 0 Å². The molecule has 0 spiro atoms. The van der Waals surface area contributed by atoms with E-state index in [-0.39, 0.29) is 37.7 Å². The number of hydrogen-bond donors (Lipinski definition) is 3. The molecule has 1 saturated heterocycles. The van der Waals surface area contributed by atoms with Gasteiger partial charge in [0, 0.05) is 19.0 Å². The number of piperidine rings is 1. The van der Waals surface area contributed by atoms with Crippen molar-refractivity contribution < 1.29 is 34.1 Å². The van der Waals surface area contributed by atoms with Gasteiger partial charge in [0.15, 0.2) is 0 Å². The molecule has 2 aliphatic rings. The average molecular weight is 393 g/mol. The number of carbonyl (C=O) groups is 3. The van der Waals surface area contributed by atoms with Crippen LogP contribution in [0.4, 0.5) is 4.39 Å². The van der Waals surface area contributed by atoms with E-state index in [1.54, 1.807) is 4.90 Å². The summed E-state index contributed by atoms with van der Waals surface area (Å²) in [4.78, 5) is 34.7. The van der Waals surface area contributed by atoms with Gasteiger partial charge in [0.05, 0.1) is 6.10 Å². The second-order valence-corrected chi connectivity index (χ2v) is 7.07. The highest BCUT2D eigenvalue weighted by Gasteiger charge is 2.50. The summed E-state index contributed by atoms with van der Waals surface area (Å²) in [6.07, 6.45) is 4.50. The van der Waals surface area contributed by atoms with Gasteiger partial charge in [0.1, 0.15) is 11.2 Å². The molecule has 7 nitrogen and oxygen atoms in total. The number of hydrogen-bond acceptors (Lipinski definition) is 4. The van der Waals surface area contributed by atoms with E-state index in [9.17, 15) is 24.2 Å². The maximum atomic E-state index is 13.1. The average Bonchev–Trinajstić information content (AvgIpc) is 3.20. The lowest BCUT2D eigenvalue weighted by Gasteiger charge is -2.44. The molecule has 0 aromatic heterocycles. The van der Waals surface area contributed by atoms with Crippen LogP contribution in [-0.2, 0) is 20.8 Å². The van der Waals surface area contributed by atoms with Crippen molar-refractivity contribution in [2.24, 2.45) is 11.3 Å². The van der Waals surface area contributed by atoms with Gasteiger partial charge >= 0.3 is 5.97 Å². The summed E-state index contributed by atoms with van der Waals surface area (Å²) < 4.78 is 13.1. The number of rotatable bonds is 4. The minimum Gasteiger partial charge on any atom is -0.483 e. The number of amides is 1. The summed E-state index contributed by atoms with van der Waals surface area (Å²) in [5.41, 5.74) is -0.850. The lowest BCUT2D eigenvalue weighted by molar-refractivity contribution is -0.166. The Bertz CT molecular complexity index is 727. The molecule has 1 fully saturated rings. The summed E-state index contributed by atoms with van der Waals surface area (Å²) >= 11 is 0. The molecule has 0 radical (unpaired) electrons. The van der Waals surface area contributed by atoms with Crippen molar-refractivity contribution >= 4 is 18.3 Å². The predicted octanol–water partition coefficient (Wildman–Crippen LogP) is 1.70. The van der Waals surface area contributed by atoms with Crippen LogP contribution < -0.4 is 0 Å². The summed E-state index contributed by atoms with van der Waals surface area (Å²) in [5.74, 6) is -1.72. The predicted molar refractivity (Wildman–Crippen MR) is 97.9 cm³/mol. The minimum atomic E-state index is -1.47. The molecule has 152 valence electrons. The molecule has 0 bridgehead atoms. The molecule has 1 aliphatic carbocycles. The zero-order chi connectivity index (χ0) is 20.7. The molecule has 0 unspecified atom stereocenters. The fourth-order valence-corrected chi connectivity index (χ4v) is 3.77. The van der Waals surface area contributed by atoms with E-state index in [1.165, 1.54) is 24.3 Å². The highest BCUT2D eigenvalue weighted by molar-refractivity contribution is 5.82. The third kappa shape index (κ3) is 4.75. The summed E-state index contributed by atoms with van der Waals surface area (Å²) in [6.45, 7) is 0.0746. The number of allylic oxidation sites excluding steroid dienone is 2. The third-order valence-corrected chi connectivity index (χ3v) is 5.31. The van der Waals surface area contributed by atoms with E-state index in [0.29, 0.717) is 24.9 Å². The Kier molecular flexibility index (Phi) is 7.28. The molecule has 3 rings (SSSR count). The number of benzene rings is 1. The zero-order valence-electron chi connectivity index (χ0n) is 15.3. The molecule has 1 aliphatic heterocycles. The number of carboxylic acid groups (broad SMARTS) is 2. The van der Waals surface area contributed by atoms with Crippen molar-refractivity contribution in [3.8, 4) is 0 Å². The molecule has 1 amide bonds. The SMILES string of the molecule is O=C(C1CC=CC1)N1CC[C@H](O)[C@](Cc2ccc(F)cc2)(C(=O)O)C1.O=CO. The lowest BCUT2D eigenvalue weighted by atomic mass is 9.72. The summed E-state index contributed by atoms with van der Waals surface area (Å²) in [6, 6.07) is 5.59. The van der Waals surface area contributed by atoms with Crippen molar-refractivity contribution in [3.05, 3.63) is 47.8 Å². The van der Waals surface area contributed by atoms with E-state index < -0.39 is 23.3 Å². The quantitative estimate of drug-likeness (QED) is 0.530. The van der Waals surface area contributed by atoms with Crippen LogP contribution in [0.15, 0.2) is 36.4 Å². The molecular formula is C20H24FNO6. The van der Waals surface area contributed by atoms with Gasteiger partial charge in [-0.2, -0.15) is 0 Å². The molecule has 8 heteroatoms. The fourth-order valence-electron chi connectivity index (χ4n) is 3.77. The van der Waals surface area contributed by atoms with Crippen molar-refractivity contribution in [2.75, 3.05) is 13.1 Å². The number of aliphatic hydroxyl groups excluding tert-OH is 1. The van der Waals surface area contributed by atoms with Crippen molar-refractivity contribution in [2.45, 2.75) is 31.8 Å². The lowest BCUT2D eigenvalue weighted by Crippen LogP contribution is -2.59. The van der Waals surface area contributed by atoms with Crippen LogP contribution in [0.2, 0.25) is 0 Å². The van der Waals surface area contributed by atoms with Gasteiger partial charge in [-0.3, -0.25) is 14.4 Å². The van der Waals surface area contributed by atoms with Crippen LogP contribution in [0.1, 0.15) is 24.8 Å². The van der Waals surface area contributed by atoms with Crippen molar-refractivity contribution in [1.29, 1.82) is 0 Å². The van der Waals surface area contributed by atoms with E-state index in [1.807, 2.05) is 12.2 Å².